The van der Waals surface area contributed by atoms with Crippen molar-refractivity contribution in [1.82, 2.24) is 9.88 Å². The molecule has 0 saturated heterocycles. The predicted molar refractivity (Wildman–Crippen MR) is 73.7 cm³/mol. The van der Waals surface area contributed by atoms with Crippen molar-refractivity contribution in [1.29, 1.82) is 0 Å². The zero-order chi connectivity index (χ0) is 12.8. The molecule has 5 heteroatoms. The highest BCUT2D eigenvalue weighted by Crippen LogP contribution is 2.11. The predicted octanol–water partition coefficient (Wildman–Crippen LogP) is 1.95. The second-order valence-corrected chi connectivity index (χ2v) is 5.33. The Kier molecular flexibility index (Phi) is 5.28. The summed E-state index contributed by atoms with van der Waals surface area (Å²) in [5.74, 6) is -0.0773. The Morgan fingerprint density at radius 1 is 1.59 bits per heavy atom. The number of hydrogen-bond acceptors (Lipinski definition) is 4. The average Bonchev–Trinajstić information content (AvgIpc) is 2.35. The molecule has 0 fully saturated rings. The van der Waals surface area contributed by atoms with Gasteiger partial charge in [0.2, 0.25) is 0 Å². The van der Waals surface area contributed by atoms with Crippen molar-refractivity contribution >= 4 is 23.4 Å². The van der Waals surface area contributed by atoms with Crippen LogP contribution in [0.15, 0.2) is 18.3 Å². The summed E-state index contributed by atoms with van der Waals surface area (Å²) >= 11 is 1.81. The molecular formula is C12H19N3OS. The van der Waals surface area contributed by atoms with E-state index in [0.29, 0.717) is 10.9 Å². The molecule has 1 rings (SSSR count). The third kappa shape index (κ3) is 4.26. The van der Waals surface area contributed by atoms with Gasteiger partial charge in [-0.3, -0.25) is 9.78 Å². The van der Waals surface area contributed by atoms with E-state index in [1.54, 1.807) is 38.1 Å². The fraction of sp³-hybridized carbons (Fsp3) is 0.500. The van der Waals surface area contributed by atoms with Crippen LogP contribution in [0.2, 0.25) is 0 Å². The first kappa shape index (κ1) is 13.8. The quantitative estimate of drug-likeness (QED) is 0.871. The zero-order valence-electron chi connectivity index (χ0n) is 10.7. The van der Waals surface area contributed by atoms with Crippen LogP contribution in [0.25, 0.3) is 0 Å². The topological polar surface area (TPSA) is 45.2 Å². The van der Waals surface area contributed by atoms with Crippen molar-refractivity contribution in [2.75, 3.05) is 32.2 Å². The van der Waals surface area contributed by atoms with E-state index in [2.05, 4.69) is 23.5 Å². The summed E-state index contributed by atoms with van der Waals surface area (Å²) in [6.07, 6.45) is 3.74. The Morgan fingerprint density at radius 2 is 2.29 bits per heavy atom. The van der Waals surface area contributed by atoms with Gasteiger partial charge in [0.15, 0.2) is 0 Å². The third-order valence-corrected chi connectivity index (χ3v) is 3.35. The minimum atomic E-state index is -0.0773. The molecule has 0 aliphatic carbocycles. The molecular weight excluding hydrogens is 234 g/mol. The molecule has 0 bridgehead atoms. The summed E-state index contributed by atoms with van der Waals surface area (Å²) in [4.78, 5) is 17.3. The van der Waals surface area contributed by atoms with E-state index in [0.717, 1.165) is 12.2 Å². The monoisotopic (exact) mass is 253 g/mol. The number of aromatic nitrogens is 1. The van der Waals surface area contributed by atoms with E-state index >= 15 is 0 Å². The largest absolute Gasteiger partial charge is 0.384 e. The number of carbonyl (C=O) groups is 1. The molecule has 0 saturated carbocycles. The molecule has 4 nitrogen and oxygen atoms in total. The van der Waals surface area contributed by atoms with Gasteiger partial charge in [0.1, 0.15) is 5.69 Å². The van der Waals surface area contributed by atoms with Crippen LogP contribution >= 0.6 is 11.8 Å². The number of nitrogens with zero attached hydrogens (tertiary/aromatic N) is 2. The molecule has 0 aliphatic rings. The highest BCUT2D eigenvalue weighted by molar-refractivity contribution is 7.99. The highest BCUT2D eigenvalue weighted by atomic mass is 32.2. The van der Waals surface area contributed by atoms with Gasteiger partial charge in [-0.25, -0.2) is 0 Å². The standard InChI is InChI=1S/C12H19N3OS/c1-9(17-4)8-14-10-5-6-13-11(7-10)12(16)15(2)3/h5-7,9H,8H2,1-4H3,(H,13,14). The lowest BCUT2D eigenvalue weighted by atomic mass is 10.3. The molecule has 94 valence electrons. The summed E-state index contributed by atoms with van der Waals surface area (Å²) in [6.45, 7) is 3.03. The number of anilines is 1. The van der Waals surface area contributed by atoms with Gasteiger partial charge in [-0.2, -0.15) is 11.8 Å². The Hall–Kier alpha value is -1.23. The second-order valence-electron chi connectivity index (χ2n) is 4.06. The van der Waals surface area contributed by atoms with Gasteiger partial charge >= 0.3 is 0 Å². The Bertz CT molecular complexity index is 382. The SMILES string of the molecule is CSC(C)CNc1ccnc(C(=O)N(C)C)c1. The van der Waals surface area contributed by atoms with Crippen LogP contribution in [-0.2, 0) is 0 Å². The normalized spacial score (nSPS) is 12.0. The lowest BCUT2D eigenvalue weighted by Gasteiger charge is -2.13. The lowest BCUT2D eigenvalue weighted by molar-refractivity contribution is 0.0822. The minimum Gasteiger partial charge on any atom is -0.384 e. The molecule has 0 aliphatic heterocycles. The first-order valence-corrected chi connectivity index (χ1v) is 6.77. The second kappa shape index (κ2) is 6.49. The molecule has 0 spiro atoms. The van der Waals surface area contributed by atoms with Crippen LogP contribution in [0, 0.1) is 0 Å². The van der Waals surface area contributed by atoms with Crippen molar-refractivity contribution in [2.24, 2.45) is 0 Å². The molecule has 1 aromatic heterocycles. The van der Waals surface area contributed by atoms with Crippen LogP contribution in [-0.4, -0.2) is 47.9 Å². The smallest absolute Gasteiger partial charge is 0.272 e. The molecule has 0 aromatic carbocycles. The van der Waals surface area contributed by atoms with E-state index in [9.17, 15) is 4.79 Å². The highest BCUT2D eigenvalue weighted by Gasteiger charge is 2.09. The minimum absolute atomic E-state index is 0.0773. The van der Waals surface area contributed by atoms with Crippen molar-refractivity contribution in [3.05, 3.63) is 24.0 Å². The van der Waals surface area contributed by atoms with Gasteiger partial charge in [-0.1, -0.05) is 6.92 Å². The molecule has 1 heterocycles. The summed E-state index contributed by atoms with van der Waals surface area (Å²) in [5.41, 5.74) is 1.41. The molecule has 1 aromatic rings. The van der Waals surface area contributed by atoms with Crippen molar-refractivity contribution in [3.8, 4) is 0 Å². The third-order valence-electron chi connectivity index (χ3n) is 2.38. The number of nitrogens with one attached hydrogen (secondary N) is 1. The molecule has 1 unspecified atom stereocenters. The summed E-state index contributed by atoms with van der Waals surface area (Å²) in [7, 11) is 3.44. The summed E-state index contributed by atoms with van der Waals surface area (Å²) in [6, 6.07) is 3.66. The van der Waals surface area contributed by atoms with Crippen LogP contribution in [0.5, 0.6) is 0 Å². The molecule has 1 amide bonds. The van der Waals surface area contributed by atoms with Crippen LogP contribution < -0.4 is 5.32 Å². The van der Waals surface area contributed by atoms with Gasteiger partial charge < -0.3 is 10.2 Å². The van der Waals surface area contributed by atoms with E-state index in [1.165, 1.54) is 4.90 Å². The number of rotatable bonds is 5. The average molecular weight is 253 g/mol. The Labute approximate surface area is 107 Å². The Balaban J connectivity index is 2.69. The Morgan fingerprint density at radius 3 is 2.88 bits per heavy atom. The van der Waals surface area contributed by atoms with E-state index < -0.39 is 0 Å². The van der Waals surface area contributed by atoms with Crippen LogP contribution in [0.4, 0.5) is 5.69 Å². The van der Waals surface area contributed by atoms with E-state index in [4.69, 9.17) is 0 Å². The number of hydrogen-bond donors (Lipinski definition) is 1. The molecule has 1 N–H and O–H groups in total. The van der Waals surface area contributed by atoms with Gasteiger partial charge in [0.25, 0.3) is 5.91 Å². The van der Waals surface area contributed by atoms with Crippen LogP contribution in [0.1, 0.15) is 17.4 Å². The summed E-state index contributed by atoms with van der Waals surface area (Å²) in [5, 5.41) is 3.84. The fourth-order valence-electron chi connectivity index (χ4n) is 1.23. The van der Waals surface area contributed by atoms with E-state index in [1.807, 2.05) is 6.07 Å². The van der Waals surface area contributed by atoms with Crippen molar-refractivity contribution in [2.45, 2.75) is 12.2 Å². The van der Waals surface area contributed by atoms with Gasteiger partial charge in [-0.05, 0) is 18.4 Å². The number of pyridine rings is 1. The lowest BCUT2D eigenvalue weighted by Crippen LogP contribution is -2.23. The van der Waals surface area contributed by atoms with Gasteiger partial charge in [0.05, 0.1) is 0 Å². The maximum atomic E-state index is 11.7. The maximum Gasteiger partial charge on any atom is 0.272 e. The zero-order valence-corrected chi connectivity index (χ0v) is 11.5. The number of carbonyl (C=O) groups excluding carboxylic acids is 1. The summed E-state index contributed by atoms with van der Waals surface area (Å²) < 4.78 is 0. The molecule has 17 heavy (non-hydrogen) atoms. The molecule has 1 atom stereocenters. The van der Waals surface area contributed by atoms with Crippen molar-refractivity contribution in [3.63, 3.8) is 0 Å². The maximum absolute atomic E-state index is 11.7. The van der Waals surface area contributed by atoms with Gasteiger partial charge in [-0.15, -0.1) is 0 Å². The van der Waals surface area contributed by atoms with Crippen molar-refractivity contribution < 1.29 is 4.79 Å². The fourth-order valence-corrected chi connectivity index (χ4v) is 1.48. The first-order valence-electron chi connectivity index (χ1n) is 5.49. The first-order chi connectivity index (χ1) is 8.04. The number of amides is 1. The van der Waals surface area contributed by atoms with Crippen LogP contribution in [0.3, 0.4) is 0 Å². The molecule has 0 radical (unpaired) electrons. The van der Waals surface area contributed by atoms with Gasteiger partial charge in [0, 0.05) is 37.8 Å². The number of thioether (sulfide) groups is 1. The van der Waals surface area contributed by atoms with E-state index in [-0.39, 0.29) is 5.91 Å².